The first-order chi connectivity index (χ1) is 33.0. The second kappa shape index (κ2) is 24.3. The summed E-state index contributed by atoms with van der Waals surface area (Å²) < 4.78 is 28.0. The first-order valence-corrected chi connectivity index (χ1v) is 23.8. The molecule has 68 heavy (non-hydrogen) atoms. The zero-order chi connectivity index (χ0) is 48.0. The number of carbonyl (C=O) groups is 6. The number of H-pyrrole nitrogens is 1. The van der Waals surface area contributed by atoms with Crippen LogP contribution in [0.15, 0.2) is 71.9 Å². The molecule has 1 aromatic heterocycles. The molecule has 0 radical (unpaired) electrons. The summed E-state index contributed by atoms with van der Waals surface area (Å²) in [6.07, 6.45) is 2.10. The molecule has 20 heteroatoms. The van der Waals surface area contributed by atoms with E-state index in [-0.39, 0.29) is 49.6 Å². The number of hydrogen-bond acceptors (Lipinski definition) is 13. The van der Waals surface area contributed by atoms with Crippen LogP contribution in [0.1, 0.15) is 47.3 Å². The summed E-state index contributed by atoms with van der Waals surface area (Å²) in [7, 11) is 2.03. The normalized spacial score (nSPS) is 16.3. The van der Waals surface area contributed by atoms with Gasteiger partial charge >= 0.3 is 6.09 Å². The first-order valence-electron chi connectivity index (χ1n) is 22.7. The van der Waals surface area contributed by atoms with Gasteiger partial charge in [0, 0.05) is 98.0 Å². The van der Waals surface area contributed by atoms with E-state index in [4.69, 9.17) is 23.7 Å². The molecule has 4 aromatic rings. The Labute approximate surface area is 402 Å². The summed E-state index contributed by atoms with van der Waals surface area (Å²) in [6.45, 7) is 7.82. The zero-order valence-corrected chi connectivity index (χ0v) is 39.8. The predicted molar refractivity (Wildman–Crippen MR) is 257 cm³/mol. The topological polar surface area (TPSA) is 214 Å². The van der Waals surface area contributed by atoms with Crippen molar-refractivity contribution in [1.29, 1.82) is 0 Å². The molecule has 6 amide bonds. The number of benzene rings is 3. The number of ether oxygens (including phenoxy) is 5. The highest BCUT2D eigenvalue weighted by Crippen LogP contribution is 2.46. The molecule has 362 valence electrons. The third-order valence-electron chi connectivity index (χ3n) is 11.8. The van der Waals surface area contributed by atoms with Crippen LogP contribution in [0.3, 0.4) is 0 Å². The van der Waals surface area contributed by atoms with E-state index < -0.39 is 17.9 Å². The largest absolute Gasteiger partial charge is 0.415 e. The summed E-state index contributed by atoms with van der Waals surface area (Å²) in [5, 5.41) is 10.2. The molecule has 3 aliphatic heterocycles. The molecule has 0 unspecified atom stereocenters. The first kappa shape index (κ1) is 49.9. The number of anilines is 1. The van der Waals surface area contributed by atoms with Crippen LogP contribution in [0.2, 0.25) is 0 Å². The van der Waals surface area contributed by atoms with E-state index in [0.717, 1.165) is 50.8 Å². The van der Waals surface area contributed by atoms with E-state index in [1.807, 2.05) is 61.6 Å². The van der Waals surface area contributed by atoms with Crippen LogP contribution in [0, 0.1) is 0 Å². The Morgan fingerprint density at radius 1 is 0.794 bits per heavy atom. The van der Waals surface area contributed by atoms with Gasteiger partial charge in [-0.05, 0) is 48.7 Å². The standard InChI is InChI=1S/C48H57BrN8O11/c1-32(52-53-43(59)12-19-64-21-23-66-25-26-67-24-22-65-20-13-50-42(58)11-14-56-44(60)9-10-45(56)61)33-7-8-38-34(27-33)28-39(51-38)47(62)57-31-35(30-49)46-37-6-4-3-5-36(37)41(29-40(46)57)68-48(63)55-17-15-54(2)16-18-55/h3-10,27-29,35,51H,11-26,30-31H2,1-2H3,(H,50,58)(H,53,59)/t35-/m1/s1. The number of nitrogens with zero attached hydrogens (tertiary/aromatic N) is 5. The van der Waals surface area contributed by atoms with Gasteiger partial charge in [-0.2, -0.15) is 5.10 Å². The van der Waals surface area contributed by atoms with Gasteiger partial charge in [0.1, 0.15) is 11.4 Å². The molecule has 0 bridgehead atoms. The Kier molecular flexibility index (Phi) is 17.8. The summed E-state index contributed by atoms with van der Waals surface area (Å²) in [4.78, 5) is 85.1. The van der Waals surface area contributed by atoms with Crippen LogP contribution >= 0.6 is 15.9 Å². The van der Waals surface area contributed by atoms with Gasteiger partial charge in [-0.15, -0.1) is 0 Å². The number of aromatic nitrogens is 1. The number of alkyl halides is 1. The highest BCUT2D eigenvalue weighted by Gasteiger charge is 2.36. The molecular formula is C48H57BrN8O11. The lowest BCUT2D eigenvalue weighted by molar-refractivity contribution is -0.137. The molecule has 4 heterocycles. The fourth-order valence-corrected chi connectivity index (χ4v) is 8.52. The molecule has 19 nitrogen and oxygen atoms in total. The van der Waals surface area contributed by atoms with E-state index in [1.165, 1.54) is 12.2 Å². The molecule has 0 aliphatic carbocycles. The second-order valence-electron chi connectivity index (χ2n) is 16.5. The number of carbonyl (C=O) groups excluding carboxylic acids is 6. The Morgan fingerprint density at radius 2 is 1.46 bits per heavy atom. The van der Waals surface area contributed by atoms with Gasteiger partial charge in [0.2, 0.25) is 11.8 Å². The zero-order valence-electron chi connectivity index (χ0n) is 38.3. The van der Waals surface area contributed by atoms with Gasteiger partial charge in [0.05, 0.1) is 70.7 Å². The smallest absolute Gasteiger partial charge is 0.409 e. The molecular weight excluding hydrogens is 944 g/mol. The monoisotopic (exact) mass is 1000 g/mol. The van der Waals surface area contributed by atoms with Crippen molar-refractivity contribution in [2.75, 3.05) is 116 Å². The average Bonchev–Trinajstić information content (AvgIpc) is 4.05. The van der Waals surface area contributed by atoms with Gasteiger partial charge < -0.3 is 48.7 Å². The number of aromatic amines is 1. The molecule has 7 rings (SSSR count). The van der Waals surface area contributed by atoms with Crippen molar-refractivity contribution >= 4 is 84.6 Å². The minimum absolute atomic E-state index is 0.0204. The third-order valence-corrected chi connectivity index (χ3v) is 12.5. The highest BCUT2D eigenvalue weighted by molar-refractivity contribution is 9.09. The van der Waals surface area contributed by atoms with Gasteiger partial charge in [-0.25, -0.2) is 10.2 Å². The lowest BCUT2D eigenvalue weighted by atomic mass is 9.95. The fourth-order valence-electron chi connectivity index (χ4n) is 7.99. The van der Waals surface area contributed by atoms with Gasteiger partial charge in [0.25, 0.3) is 17.7 Å². The van der Waals surface area contributed by atoms with Crippen molar-refractivity contribution in [3.05, 3.63) is 83.6 Å². The van der Waals surface area contributed by atoms with Crippen LogP contribution < -0.4 is 20.4 Å². The highest BCUT2D eigenvalue weighted by atomic mass is 79.9. The van der Waals surface area contributed by atoms with Crippen molar-refractivity contribution in [2.24, 2.45) is 5.10 Å². The summed E-state index contributed by atoms with van der Waals surface area (Å²) in [6, 6.07) is 17.2. The van der Waals surface area contributed by atoms with Crippen LogP contribution in [0.5, 0.6) is 5.75 Å². The van der Waals surface area contributed by atoms with E-state index in [1.54, 1.807) is 16.7 Å². The van der Waals surface area contributed by atoms with Crippen molar-refractivity contribution < 1.29 is 52.5 Å². The Morgan fingerprint density at radius 3 is 2.15 bits per heavy atom. The number of amides is 6. The molecule has 1 atom stereocenters. The van der Waals surface area contributed by atoms with Crippen molar-refractivity contribution in [3.8, 4) is 5.75 Å². The van der Waals surface area contributed by atoms with E-state index in [0.29, 0.717) is 101 Å². The number of likely N-dealkylation sites (N-methyl/N-ethyl adjacent to an activating group) is 1. The quantitative estimate of drug-likeness (QED) is 0.0317. The Hall–Kier alpha value is -6.03. The number of halogens is 1. The average molecular weight is 1000 g/mol. The van der Waals surface area contributed by atoms with Crippen LogP contribution in [-0.2, 0) is 38.1 Å². The minimum Gasteiger partial charge on any atom is -0.409 e. The summed E-state index contributed by atoms with van der Waals surface area (Å²) in [5.74, 6) is -1.18. The number of hydrogen-bond donors (Lipinski definition) is 3. The van der Waals surface area contributed by atoms with Gasteiger partial charge in [-0.3, -0.25) is 28.9 Å². The van der Waals surface area contributed by atoms with Gasteiger partial charge in [-0.1, -0.05) is 46.3 Å². The Bertz CT molecular complexity index is 2520. The lowest BCUT2D eigenvalue weighted by Gasteiger charge is -2.31. The number of hydrazone groups is 1. The molecule has 1 fully saturated rings. The SMILES string of the molecule is CC(=NNC(=O)CCOCCOCCOCCOCCNC(=O)CCN1C(=O)C=CC1=O)c1ccc2[nH]c(C(=O)N3C[C@@H](CBr)c4c3cc(OC(=O)N3CCN(C)CC3)c3ccccc43)cc2c1. The van der Waals surface area contributed by atoms with Crippen molar-refractivity contribution in [1.82, 2.24) is 30.4 Å². The Balaban J connectivity index is 0.796. The predicted octanol–water partition coefficient (Wildman–Crippen LogP) is 3.93. The molecule has 0 saturated carbocycles. The molecule has 3 N–H and O–H groups in total. The van der Waals surface area contributed by atoms with E-state index >= 15 is 0 Å². The van der Waals surface area contributed by atoms with Crippen molar-refractivity contribution in [2.45, 2.75) is 25.7 Å². The maximum absolute atomic E-state index is 14.3. The maximum atomic E-state index is 14.3. The number of piperazine rings is 1. The summed E-state index contributed by atoms with van der Waals surface area (Å²) in [5.41, 5.74) is 6.87. The minimum atomic E-state index is -0.414. The second-order valence-corrected chi connectivity index (χ2v) is 17.1. The molecule has 3 aliphatic rings. The number of fused-ring (bicyclic) bond motifs is 4. The number of nitrogens with one attached hydrogen (secondary N) is 3. The summed E-state index contributed by atoms with van der Waals surface area (Å²) >= 11 is 3.69. The van der Waals surface area contributed by atoms with Crippen LogP contribution in [0.25, 0.3) is 21.7 Å². The van der Waals surface area contributed by atoms with E-state index in [9.17, 15) is 28.8 Å². The number of imide groups is 1. The lowest BCUT2D eigenvalue weighted by Crippen LogP contribution is -2.48. The molecule has 0 spiro atoms. The van der Waals surface area contributed by atoms with Gasteiger partial charge in [0.15, 0.2) is 0 Å². The fraction of sp³-hybridized carbons (Fsp3) is 0.438. The van der Waals surface area contributed by atoms with Crippen LogP contribution in [0.4, 0.5) is 10.5 Å². The van der Waals surface area contributed by atoms with Crippen LogP contribution in [-0.4, -0.2) is 172 Å². The number of rotatable bonds is 23. The third kappa shape index (κ3) is 12.9. The molecule has 1 saturated heterocycles. The molecule has 3 aromatic carbocycles. The van der Waals surface area contributed by atoms with E-state index in [2.05, 4.69) is 41.7 Å². The van der Waals surface area contributed by atoms with Crippen molar-refractivity contribution in [3.63, 3.8) is 0 Å². The maximum Gasteiger partial charge on any atom is 0.415 e.